The Morgan fingerprint density at radius 2 is 2.00 bits per heavy atom. The molecule has 1 aromatic rings. The van der Waals surface area contributed by atoms with E-state index in [1.54, 1.807) is 0 Å². The second kappa shape index (κ2) is 6.90. The lowest BCUT2D eigenvalue weighted by Crippen LogP contribution is -2.39. The molecule has 1 N–H and O–H groups in total. The fraction of sp³-hybridized carbons (Fsp3) is 0.765. The number of thiophene rings is 1. The van der Waals surface area contributed by atoms with Gasteiger partial charge in [-0.15, -0.1) is 11.3 Å². The summed E-state index contributed by atoms with van der Waals surface area (Å²) in [6, 6.07) is 5.71. The first kappa shape index (κ1) is 15.1. The van der Waals surface area contributed by atoms with E-state index in [0.29, 0.717) is 12.0 Å². The van der Waals surface area contributed by atoms with Gasteiger partial charge in [0, 0.05) is 17.0 Å². The number of hydrogen-bond acceptors (Lipinski definition) is 2. The fourth-order valence-electron chi connectivity index (χ4n) is 3.31. The van der Waals surface area contributed by atoms with Crippen LogP contribution in [0.1, 0.15) is 64.3 Å². The summed E-state index contributed by atoms with van der Waals surface area (Å²) in [5.74, 6) is 2.42. The van der Waals surface area contributed by atoms with Gasteiger partial charge < -0.3 is 5.32 Å². The van der Waals surface area contributed by atoms with Gasteiger partial charge in [0.2, 0.25) is 0 Å². The van der Waals surface area contributed by atoms with Crippen molar-refractivity contribution in [2.24, 2.45) is 17.8 Å². The van der Waals surface area contributed by atoms with Crippen molar-refractivity contribution in [2.45, 2.75) is 65.5 Å². The summed E-state index contributed by atoms with van der Waals surface area (Å²) in [7, 11) is 0. The quantitative estimate of drug-likeness (QED) is 0.776. The molecule has 1 fully saturated rings. The van der Waals surface area contributed by atoms with Crippen LogP contribution in [0.15, 0.2) is 17.5 Å². The van der Waals surface area contributed by atoms with Crippen molar-refractivity contribution in [3.8, 4) is 0 Å². The first-order valence-corrected chi connectivity index (χ1v) is 8.75. The molecule has 0 bridgehead atoms. The van der Waals surface area contributed by atoms with Crippen molar-refractivity contribution in [2.75, 3.05) is 0 Å². The van der Waals surface area contributed by atoms with Gasteiger partial charge in [-0.1, -0.05) is 46.6 Å². The van der Waals surface area contributed by atoms with Crippen molar-refractivity contribution in [3.05, 3.63) is 22.4 Å². The van der Waals surface area contributed by atoms with E-state index < -0.39 is 0 Å². The summed E-state index contributed by atoms with van der Waals surface area (Å²) < 4.78 is 0. The van der Waals surface area contributed by atoms with Gasteiger partial charge in [-0.2, -0.15) is 0 Å². The molecule has 0 aliphatic heterocycles. The van der Waals surface area contributed by atoms with Gasteiger partial charge in [0.15, 0.2) is 0 Å². The van der Waals surface area contributed by atoms with Crippen LogP contribution in [-0.2, 0) is 0 Å². The van der Waals surface area contributed by atoms with Gasteiger partial charge in [0.25, 0.3) is 0 Å². The second-order valence-corrected chi connectivity index (χ2v) is 7.75. The first-order valence-electron chi connectivity index (χ1n) is 7.87. The van der Waals surface area contributed by atoms with Crippen LogP contribution >= 0.6 is 11.3 Å². The summed E-state index contributed by atoms with van der Waals surface area (Å²) in [6.07, 6.45) is 5.56. The summed E-state index contributed by atoms with van der Waals surface area (Å²) in [4.78, 5) is 1.50. The van der Waals surface area contributed by atoms with Gasteiger partial charge >= 0.3 is 0 Å². The van der Waals surface area contributed by atoms with Crippen LogP contribution in [0.25, 0.3) is 0 Å². The van der Waals surface area contributed by atoms with E-state index in [2.05, 4.69) is 50.5 Å². The Bertz CT molecular complexity index is 355. The van der Waals surface area contributed by atoms with E-state index in [4.69, 9.17) is 0 Å². The zero-order valence-corrected chi connectivity index (χ0v) is 13.7. The molecule has 1 nitrogen and oxygen atoms in total. The van der Waals surface area contributed by atoms with Crippen LogP contribution in [0, 0.1) is 17.8 Å². The zero-order chi connectivity index (χ0) is 13.8. The summed E-state index contributed by atoms with van der Waals surface area (Å²) in [5.41, 5.74) is 0. The number of hydrogen-bond donors (Lipinski definition) is 1. The second-order valence-electron chi connectivity index (χ2n) is 6.77. The maximum Gasteiger partial charge on any atom is 0.0440 e. The Hall–Kier alpha value is -0.340. The Kier molecular flexibility index (Phi) is 5.47. The van der Waals surface area contributed by atoms with Crippen molar-refractivity contribution >= 4 is 11.3 Å². The maximum atomic E-state index is 3.95. The molecule has 2 heteroatoms. The predicted molar refractivity (Wildman–Crippen MR) is 85.6 cm³/mol. The molecular weight excluding hydrogens is 250 g/mol. The molecule has 1 aliphatic carbocycles. The summed E-state index contributed by atoms with van der Waals surface area (Å²) >= 11 is 1.89. The summed E-state index contributed by atoms with van der Waals surface area (Å²) in [5, 5.41) is 6.15. The van der Waals surface area contributed by atoms with Crippen LogP contribution < -0.4 is 5.32 Å². The van der Waals surface area contributed by atoms with Crippen molar-refractivity contribution in [1.29, 1.82) is 0 Å². The molecule has 3 atom stereocenters. The van der Waals surface area contributed by atoms with Crippen LogP contribution in [0.3, 0.4) is 0 Å². The zero-order valence-electron chi connectivity index (χ0n) is 12.9. The van der Waals surface area contributed by atoms with E-state index in [0.717, 1.165) is 17.9 Å². The molecule has 1 aliphatic rings. The molecular formula is C17H29NS. The van der Waals surface area contributed by atoms with Crippen LogP contribution in [-0.4, -0.2) is 6.04 Å². The highest BCUT2D eigenvalue weighted by atomic mass is 32.1. The molecule has 0 aromatic carbocycles. The molecule has 0 amide bonds. The lowest BCUT2D eigenvalue weighted by atomic mass is 9.79. The molecule has 0 spiro atoms. The standard InChI is InChI=1S/C17H29NS/c1-12(2)14-7-5-8-15(11-14)18-17(13(3)4)16-9-6-10-19-16/h6,9-10,12-15,17-18H,5,7-8,11H2,1-4H3. The predicted octanol–water partition coefficient (Wildman–Crippen LogP) is 5.25. The molecule has 0 saturated heterocycles. The van der Waals surface area contributed by atoms with Gasteiger partial charge in [-0.05, 0) is 42.0 Å². The highest BCUT2D eigenvalue weighted by Crippen LogP contribution is 2.33. The molecule has 1 heterocycles. The van der Waals surface area contributed by atoms with E-state index in [1.165, 1.54) is 30.6 Å². The molecule has 2 rings (SSSR count). The molecule has 1 aromatic heterocycles. The highest BCUT2D eigenvalue weighted by molar-refractivity contribution is 7.10. The summed E-state index contributed by atoms with van der Waals surface area (Å²) in [6.45, 7) is 9.43. The Morgan fingerprint density at radius 1 is 1.21 bits per heavy atom. The van der Waals surface area contributed by atoms with E-state index in [1.807, 2.05) is 11.3 Å². The fourth-order valence-corrected chi connectivity index (χ4v) is 4.27. The Morgan fingerprint density at radius 3 is 2.58 bits per heavy atom. The van der Waals surface area contributed by atoms with Gasteiger partial charge in [0.05, 0.1) is 0 Å². The monoisotopic (exact) mass is 279 g/mol. The van der Waals surface area contributed by atoms with Crippen LogP contribution in [0.2, 0.25) is 0 Å². The minimum absolute atomic E-state index is 0.538. The molecule has 19 heavy (non-hydrogen) atoms. The number of nitrogens with one attached hydrogen (secondary N) is 1. The van der Waals surface area contributed by atoms with Gasteiger partial charge in [0.1, 0.15) is 0 Å². The SMILES string of the molecule is CC(C)C1CCCC(NC(c2cccs2)C(C)C)C1. The molecule has 3 unspecified atom stereocenters. The maximum absolute atomic E-state index is 3.95. The van der Waals surface area contributed by atoms with Crippen LogP contribution in [0.5, 0.6) is 0 Å². The Balaban J connectivity index is 1.97. The molecule has 108 valence electrons. The Labute approximate surface area is 122 Å². The normalized spacial score (nSPS) is 26.0. The van der Waals surface area contributed by atoms with Crippen molar-refractivity contribution < 1.29 is 0 Å². The van der Waals surface area contributed by atoms with Crippen molar-refractivity contribution in [1.82, 2.24) is 5.32 Å². The van der Waals surface area contributed by atoms with E-state index in [9.17, 15) is 0 Å². The van der Waals surface area contributed by atoms with Gasteiger partial charge in [-0.3, -0.25) is 0 Å². The first-order chi connectivity index (χ1) is 9.08. The average molecular weight is 279 g/mol. The minimum Gasteiger partial charge on any atom is -0.306 e. The third-order valence-electron chi connectivity index (χ3n) is 4.59. The smallest absolute Gasteiger partial charge is 0.0440 e. The minimum atomic E-state index is 0.538. The van der Waals surface area contributed by atoms with Gasteiger partial charge in [-0.25, -0.2) is 0 Å². The molecule has 1 saturated carbocycles. The average Bonchev–Trinajstić information content (AvgIpc) is 2.89. The lowest BCUT2D eigenvalue weighted by Gasteiger charge is -2.35. The van der Waals surface area contributed by atoms with Crippen LogP contribution in [0.4, 0.5) is 0 Å². The molecule has 0 radical (unpaired) electrons. The lowest BCUT2D eigenvalue weighted by molar-refractivity contribution is 0.210. The third-order valence-corrected chi connectivity index (χ3v) is 5.54. The number of rotatable bonds is 5. The van der Waals surface area contributed by atoms with Crippen molar-refractivity contribution in [3.63, 3.8) is 0 Å². The largest absolute Gasteiger partial charge is 0.306 e. The van der Waals surface area contributed by atoms with E-state index >= 15 is 0 Å². The highest BCUT2D eigenvalue weighted by Gasteiger charge is 2.27. The third kappa shape index (κ3) is 4.06. The van der Waals surface area contributed by atoms with E-state index in [-0.39, 0.29) is 0 Å². The topological polar surface area (TPSA) is 12.0 Å².